The zero-order valence-corrected chi connectivity index (χ0v) is 27.5. The monoisotopic (exact) mass is 661 g/mol. The number of sulfonamides is 1. The van der Waals surface area contributed by atoms with E-state index in [2.05, 4.69) is 5.32 Å². The first-order chi connectivity index (χ1) is 20.9. The Labute approximate surface area is 269 Å². The molecule has 0 radical (unpaired) electrons. The average Bonchev–Trinajstić information content (AvgIpc) is 3.52. The number of anilines is 1. The Morgan fingerprint density at radius 1 is 0.955 bits per heavy atom. The number of ether oxygens (including phenoxy) is 2. The highest BCUT2D eigenvalue weighted by Crippen LogP contribution is 2.33. The average molecular weight is 663 g/mol. The molecule has 0 bridgehead atoms. The Hall–Kier alpha value is -3.47. The molecule has 0 saturated heterocycles. The molecule has 1 atom stereocenters. The maximum absolute atomic E-state index is 14.2. The molecule has 1 saturated carbocycles. The summed E-state index contributed by atoms with van der Waals surface area (Å²) in [5.74, 6) is -0.327. The smallest absolute Gasteiger partial charge is 0.264 e. The van der Waals surface area contributed by atoms with Gasteiger partial charge in [0, 0.05) is 28.7 Å². The highest BCUT2D eigenvalue weighted by atomic mass is 35.5. The number of aryl methyl sites for hydroxylation is 1. The van der Waals surface area contributed by atoms with Gasteiger partial charge in [0.2, 0.25) is 11.8 Å². The van der Waals surface area contributed by atoms with E-state index in [-0.39, 0.29) is 34.8 Å². The molecule has 236 valence electrons. The molecule has 0 spiro atoms. The number of nitrogens with one attached hydrogen (secondary N) is 1. The van der Waals surface area contributed by atoms with Gasteiger partial charge in [0.05, 0.1) is 24.8 Å². The number of methoxy groups -OCH3 is 2. The fourth-order valence-corrected chi connectivity index (χ4v) is 7.05. The van der Waals surface area contributed by atoms with Gasteiger partial charge in [-0.1, -0.05) is 59.8 Å². The minimum absolute atomic E-state index is 0.0355. The van der Waals surface area contributed by atoms with Crippen LogP contribution in [-0.2, 0) is 26.2 Å². The molecular weight excluding hydrogens is 625 g/mol. The second-order valence-corrected chi connectivity index (χ2v) is 13.5. The van der Waals surface area contributed by atoms with Crippen molar-refractivity contribution in [2.45, 2.75) is 63.1 Å². The lowest BCUT2D eigenvalue weighted by Gasteiger charge is -2.32. The van der Waals surface area contributed by atoms with Crippen molar-refractivity contribution in [3.63, 3.8) is 0 Å². The summed E-state index contributed by atoms with van der Waals surface area (Å²) >= 11 is 12.6. The maximum Gasteiger partial charge on any atom is 0.264 e. The molecule has 12 heteroatoms. The molecule has 0 aliphatic heterocycles. The quantitative estimate of drug-likeness (QED) is 0.256. The van der Waals surface area contributed by atoms with Crippen LogP contribution in [0.5, 0.6) is 11.5 Å². The van der Waals surface area contributed by atoms with Crippen molar-refractivity contribution in [1.82, 2.24) is 10.2 Å². The van der Waals surface area contributed by atoms with Crippen LogP contribution >= 0.6 is 23.2 Å². The van der Waals surface area contributed by atoms with E-state index in [0.717, 1.165) is 35.6 Å². The summed E-state index contributed by atoms with van der Waals surface area (Å²) in [5.41, 5.74) is 1.76. The molecule has 3 aromatic carbocycles. The molecule has 1 fully saturated rings. The highest BCUT2D eigenvalue weighted by molar-refractivity contribution is 7.92. The minimum atomic E-state index is -4.30. The maximum atomic E-state index is 14.2. The van der Waals surface area contributed by atoms with Gasteiger partial charge < -0.3 is 19.7 Å². The zero-order chi connectivity index (χ0) is 32.0. The molecule has 44 heavy (non-hydrogen) atoms. The van der Waals surface area contributed by atoms with Gasteiger partial charge in [-0.25, -0.2) is 8.42 Å². The second-order valence-electron chi connectivity index (χ2n) is 10.8. The first-order valence-electron chi connectivity index (χ1n) is 14.3. The van der Waals surface area contributed by atoms with E-state index in [0.29, 0.717) is 21.4 Å². The van der Waals surface area contributed by atoms with Crippen LogP contribution in [0.15, 0.2) is 65.6 Å². The molecule has 0 aromatic heterocycles. The third-order valence-corrected chi connectivity index (χ3v) is 10.1. The number of rotatable bonds is 12. The lowest BCUT2D eigenvalue weighted by molar-refractivity contribution is -0.139. The zero-order valence-electron chi connectivity index (χ0n) is 25.2. The molecule has 2 amide bonds. The van der Waals surface area contributed by atoms with Gasteiger partial charge in [-0.05, 0) is 68.7 Å². The Kier molecular flexibility index (Phi) is 11.0. The number of hydrogen-bond donors (Lipinski definition) is 1. The van der Waals surface area contributed by atoms with E-state index in [9.17, 15) is 18.0 Å². The third kappa shape index (κ3) is 7.78. The molecule has 1 N–H and O–H groups in total. The molecule has 4 rings (SSSR count). The summed E-state index contributed by atoms with van der Waals surface area (Å²) in [6, 6.07) is 15.0. The standard InChI is InChI=1S/C32H37Cl2N3O6S/c1-21-9-13-26(14-10-21)37(44(40,41)27-15-16-29(42-3)30(18-27)43-4)20-31(38)36(19-23-11-12-24(33)17-28(23)34)22(2)32(39)35-25-7-5-6-8-25/h9-18,22,25H,5-8,19-20H2,1-4H3,(H,35,39)/t22-/m1/s1. The van der Waals surface area contributed by atoms with Gasteiger partial charge in [0.25, 0.3) is 10.0 Å². The first-order valence-corrected chi connectivity index (χ1v) is 16.5. The molecule has 1 aliphatic carbocycles. The van der Waals surface area contributed by atoms with Gasteiger partial charge in [0.15, 0.2) is 11.5 Å². The SMILES string of the molecule is COc1ccc(S(=O)(=O)N(CC(=O)N(Cc2ccc(Cl)cc2Cl)[C@H](C)C(=O)NC2CCCC2)c2ccc(C)cc2)cc1OC. The Bertz CT molecular complexity index is 1590. The van der Waals surface area contributed by atoms with E-state index >= 15 is 0 Å². The van der Waals surface area contributed by atoms with Crippen molar-refractivity contribution in [3.8, 4) is 11.5 Å². The van der Waals surface area contributed by atoms with Gasteiger partial charge in [0.1, 0.15) is 12.6 Å². The van der Waals surface area contributed by atoms with Crippen molar-refractivity contribution in [2.75, 3.05) is 25.1 Å². The fraction of sp³-hybridized carbons (Fsp3) is 0.375. The van der Waals surface area contributed by atoms with Crippen LogP contribution in [-0.4, -0.2) is 58.0 Å². The predicted octanol–water partition coefficient (Wildman–Crippen LogP) is 5.99. The molecule has 9 nitrogen and oxygen atoms in total. The summed E-state index contributed by atoms with van der Waals surface area (Å²) in [6.07, 6.45) is 3.81. The Morgan fingerprint density at radius 2 is 1.61 bits per heavy atom. The van der Waals surface area contributed by atoms with Crippen LogP contribution in [0, 0.1) is 6.92 Å². The first kappa shape index (κ1) is 33.4. The summed E-state index contributed by atoms with van der Waals surface area (Å²) in [7, 11) is -1.43. The largest absolute Gasteiger partial charge is 0.493 e. The van der Waals surface area contributed by atoms with Crippen molar-refractivity contribution >= 4 is 50.7 Å². The van der Waals surface area contributed by atoms with Crippen LogP contribution in [0.2, 0.25) is 10.0 Å². The van der Waals surface area contributed by atoms with Crippen molar-refractivity contribution in [3.05, 3.63) is 81.8 Å². The highest BCUT2D eigenvalue weighted by Gasteiger charge is 2.34. The normalized spacial score (nSPS) is 14.1. The summed E-state index contributed by atoms with van der Waals surface area (Å²) in [4.78, 5) is 28.8. The Morgan fingerprint density at radius 3 is 2.23 bits per heavy atom. The van der Waals surface area contributed by atoms with Gasteiger partial charge >= 0.3 is 0 Å². The van der Waals surface area contributed by atoms with E-state index in [4.69, 9.17) is 32.7 Å². The lowest BCUT2D eigenvalue weighted by atomic mass is 10.1. The van der Waals surface area contributed by atoms with Crippen LogP contribution in [0.4, 0.5) is 5.69 Å². The number of nitrogens with zero attached hydrogens (tertiary/aromatic N) is 2. The van der Waals surface area contributed by atoms with Gasteiger partial charge in [-0.2, -0.15) is 0 Å². The van der Waals surface area contributed by atoms with Crippen molar-refractivity contribution in [1.29, 1.82) is 0 Å². The van der Waals surface area contributed by atoms with Crippen LogP contribution in [0.1, 0.15) is 43.7 Å². The minimum Gasteiger partial charge on any atom is -0.493 e. The summed E-state index contributed by atoms with van der Waals surface area (Å²) in [6.45, 7) is 2.90. The van der Waals surface area contributed by atoms with E-state index in [1.807, 2.05) is 6.92 Å². The lowest BCUT2D eigenvalue weighted by Crippen LogP contribution is -2.52. The van der Waals surface area contributed by atoms with Crippen LogP contribution in [0.25, 0.3) is 0 Å². The summed E-state index contributed by atoms with van der Waals surface area (Å²) in [5, 5.41) is 3.80. The fourth-order valence-electron chi connectivity index (χ4n) is 5.15. The Balaban J connectivity index is 1.73. The number of carbonyl (C=O) groups is 2. The van der Waals surface area contributed by atoms with Crippen molar-refractivity contribution < 1.29 is 27.5 Å². The number of hydrogen-bond acceptors (Lipinski definition) is 6. The van der Waals surface area contributed by atoms with Gasteiger partial charge in [-0.15, -0.1) is 0 Å². The van der Waals surface area contributed by atoms with E-state index in [1.165, 1.54) is 37.3 Å². The van der Waals surface area contributed by atoms with Crippen LogP contribution < -0.4 is 19.1 Å². The number of halogens is 2. The summed E-state index contributed by atoms with van der Waals surface area (Å²) < 4.78 is 40.0. The molecular formula is C32H37Cl2N3O6S. The second kappa shape index (κ2) is 14.5. The van der Waals surface area contributed by atoms with Crippen molar-refractivity contribution in [2.24, 2.45) is 0 Å². The third-order valence-electron chi connectivity index (χ3n) is 7.77. The molecule has 1 aliphatic rings. The molecule has 0 unspecified atom stereocenters. The number of benzene rings is 3. The number of carbonyl (C=O) groups excluding carboxylic acids is 2. The topological polar surface area (TPSA) is 105 Å². The van der Waals surface area contributed by atoms with Gasteiger partial charge in [-0.3, -0.25) is 13.9 Å². The van der Waals surface area contributed by atoms with Crippen LogP contribution in [0.3, 0.4) is 0 Å². The van der Waals surface area contributed by atoms with E-state index < -0.39 is 28.5 Å². The predicted molar refractivity (Wildman–Crippen MR) is 172 cm³/mol. The van der Waals surface area contributed by atoms with E-state index in [1.54, 1.807) is 49.4 Å². The number of amides is 2. The molecule has 3 aromatic rings. The molecule has 0 heterocycles.